The number of hydrogen-bond donors (Lipinski definition) is 0. The van der Waals surface area contributed by atoms with Crippen LogP contribution in [0.5, 0.6) is 0 Å². The van der Waals surface area contributed by atoms with E-state index in [0.717, 1.165) is 16.8 Å². The van der Waals surface area contributed by atoms with Gasteiger partial charge in [0.2, 0.25) is 0 Å². The van der Waals surface area contributed by atoms with Gasteiger partial charge in [-0.3, -0.25) is 9.38 Å². The number of alkyl halides is 3. The summed E-state index contributed by atoms with van der Waals surface area (Å²) in [4.78, 5) is 12.7. The number of aryl methyl sites for hydroxylation is 1. The minimum absolute atomic E-state index is 0.0554. The third-order valence-corrected chi connectivity index (χ3v) is 5.01. The number of benzene rings is 1. The van der Waals surface area contributed by atoms with E-state index in [1.807, 2.05) is 0 Å². The normalized spacial score (nSPS) is 11.9. The summed E-state index contributed by atoms with van der Waals surface area (Å²) >= 11 is 12.2. The lowest BCUT2D eigenvalue weighted by Gasteiger charge is -2.13. The summed E-state index contributed by atoms with van der Waals surface area (Å²) in [5.41, 5.74) is 1.16. The lowest BCUT2D eigenvalue weighted by Crippen LogP contribution is -2.12. The first-order chi connectivity index (χ1) is 13.3. The van der Waals surface area contributed by atoms with E-state index in [9.17, 15) is 13.2 Å². The van der Waals surface area contributed by atoms with E-state index in [2.05, 4.69) is 15.0 Å². The molecule has 0 amide bonds. The molecule has 0 spiro atoms. The van der Waals surface area contributed by atoms with Crippen LogP contribution in [0.25, 0.3) is 28.2 Å². The predicted molar refractivity (Wildman–Crippen MR) is 101 cm³/mol. The highest BCUT2D eigenvalue weighted by Crippen LogP contribution is 2.37. The summed E-state index contributed by atoms with van der Waals surface area (Å²) in [6, 6.07) is 9.07. The van der Waals surface area contributed by atoms with Crippen LogP contribution in [-0.2, 0) is 6.18 Å². The van der Waals surface area contributed by atoms with Crippen LogP contribution in [0.4, 0.5) is 13.2 Å². The third kappa shape index (κ3) is 3.21. The quantitative estimate of drug-likeness (QED) is 0.392. The summed E-state index contributed by atoms with van der Waals surface area (Å²) in [6.07, 6.45) is -1.94. The van der Waals surface area contributed by atoms with Gasteiger partial charge in [0.05, 0.1) is 15.7 Å². The van der Waals surface area contributed by atoms with E-state index in [1.165, 1.54) is 0 Å². The number of rotatable bonds is 2. The Labute approximate surface area is 167 Å². The van der Waals surface area contributed by atoms with Gasteiger partial charge in [-0.1, -0.05) is 35.3 Å². The minimum atomic E-state index is -4.62. The molecule has 0 radical (unpaired) electrons. The molecule has 142 valence electrons. The van der Waals surface area contributed by atoms with Crippen molar-refractivity contribution in [2.24, 2.45) is 0 Å². The maximum Gasteiger partial charge on any atom is 0.431 e. The lowest BCUT2D eigenvalue weighted by molar-refractivity contribution is -0.142. The summed E-state index contributed by atoms with van der Waals surface area (Å²) in [6.45, 7) is 1.79. The molecule has 0 unspecified atom stereocenters. The number of pyridine rings is 1. The Morgan fingerprint density at radius 1 is 1.04 bits per heavy atom. The highest BCUT2D eigenvalue weighted by Gasteiger charge is 2.35. The smallest absolute Gasteiger partial charge is 0.278 e. The van der Waals surface area contributed by atoms with Crippen LogP contribution in [0, 0.1) is 6.92 Å². The zero-order chi connectivity index (χ0) is 20.1. The SMILES string of the molecule is Cc1cc(-c2ncn3c(C(F)(F)F)cc(-c4cccc(Cl)c4Cl)nc23)ccn1. The first-order valence-electron chi connectivity index (χ1n) is 8.08. The molecule has 28 heavy (non-hydrogen) atoms. The van der Waals surface area contributed by atoms with Gasteiger partial charge in [0.25, 0.3) is 0 Å². The summed E-state index contributed by atoms with van der Waals surface area (Å²) in [7, 11) is 0. The first kappa shape index (κ1) is 18.7. The zero-order valence-corrected chi connectivity index (χ0v) is 15.8. The van der Waals surface area contributed by atoms with Crippen molar-refractivity contribution in [3.05, 3.63) is 70.4 Å². The lowest BCUT2D eigenvalue weighted by atomic mass is 10.1. The Kier molecular flexibility index (Phi) is 4.51. The standard InChI is InChI=1S/C19H11Cl2F3N4/c1-10-7-11(5-6-25-10)17-18-27-14(12-3-2-4-13(20)16(12)21)8-15(19(22,23)24)28(18)9-26-17/h2-9H,1H3. The maximum atomic E-state index is 13.7. The molecule has 4 rings (SSSR count). The number of nitrogens with zero attached hydrogens (tertiary/aromatic N) is 4. The van der Waals surface area contributed by atoms with Gasteiger partial charge in [0, 0.05) is 23.0 Å². The van der Waals surface area contributed by atoms with E-state index in [1.54, 1.807) is 43.5 Å². The second-order valence-corrected chi connectivity index (χ2v) is 6.88. The molecule has 4 aromatic rings. The molecule has 0 saturated carbocycles. The van der Waals surface area contributed by atoms with Crippen molar-refractivity contribution in [3.8, 4) is 22.5 Å². The minimum Gasteiger partial charge on any atom is -0.278 e. The van der Waals surface area contributed by atoms with Crippen LogP contribution in [0.2, 0.25) is 10.0 Å². The molecular formula is C19H11Cl2F3N4. The molecule has 3 aromatic heterocycles. The second kappa shape index (κ2) is 6.76. The molecular weight excluding hydrogens is 412 g/mol. The summed E-state index contributed by atoms with van der Waals surface area (Å²) in [5, 5.41) is 0.364. The molecule has 9 heteroatoms. The molecule has 0 atom stereocenters. The van der Waals surface area contributed by atoms with Gasteiger partial charge in [-0.2, -0.15) is 13.2 Å². The topological polar surface area (TPSA) is 43.1 Å². The fourth-order valence-corrected chi connectivity index (χ4v) is 3.32. The van der Waals surface area contributed by atoms with E-state index in [0.29, 0.717) is 22.5 Å². The highest BCUT2D eigenvalue weighted by molar-refractivity contribution is 6.43. The van der Waals surface area contributed by atoms with Crippen LogP contribution in [0.1, 0.15) is 11.4 Å². The van der Waals surface area contributed by atoms with Crippen LogP contribution in [-0.4, -0.2) is 19.4 Å². The summed E-state index contributed by atoms with van der Waals surface area (Å²) < 4.78 is 42.1. The molecule has 3 heterocycles. The van der Waals surface area contributed by atoms with E-state index >= 15 is 0 Å². The third-order valence-electron chi connectivity index (χ3n) is 4.19. The Balaban J connectivity index is 2.05. The van der Waals surface area contributed by atoms with Crippen molar-refractivity contribution < 1.29 is 13.2 Å². The van der Waals surface area contributed by atoms with Gasteiger partial charge in [-0.05, 0) is 31.2 Å². The van der Waals surface area contributed by atoms with Crippen molar-refractivity contribution in [2.45, 2.75) is 13.1 Å². The number of imidazole rings is 1. The molecule has 0 fully saturated rings. The van der Waals surface area contributed by atoms with Gasteiger partial charge in [0.15, 0.2) is 5.65 Å². The highest BCUT2D eigenvalue weighted by atomic mass is 35.5. The van der Waals surface area contributed by atoms with Crippen molar-refractivity contribution >= 4 is 28.8 Å². The van der Waals surface area contributed by atoms with Gasteiger partial charge in [-0.25, -0.2) is 9.97 Å². The molecule has 0 N–H and O–H groups in total. The van der Waals surface area contributed by atoms with Gasteiger partial charge >= 0.3 is 6.18 Å². The van der Waals surface area contributed by atoms with Gasteiger partial charge in [-0.15, -0.1) is 0 Å². The molecule has 0 bridgehead atoms. The van der Waals surface area contributed by atoms with Crippen molar-refractivity contribution in [1.29, 1.82) is 0 Å². The van der Waals surface area contributed by atoms with Crippen molar-refractivity contribution in [1.82, 2.24) is 19.4 Å². The van der Waals surface area contributed by atoms with Crippen molar-refractivity contribution in [2.75, 3.05) is 0 Å². The fourth-order valence-electron chi connectivity index (χ4n) is 2.93. The molecule has 0 aliphatic heterocycles. The zero-order valence-electron chi connectivity index (χ0n) is 14.3. The molecule has 0 saturated heterocycles. The maximum absolute atomic E-state index is 13.7. The van der Waals surface area contributed by atoms with Gasteiger partial charge < -0.3 is 0 Å². The summed E-state index contributed by atoms with van der Waals surface area (Å²) in [5.74, 6) is 0. The Morgan fingerprint density at radius 2 is 1.82 bits per heavy atom. The number of aromatic nitrogens is 4. The van der Waals surface area contributed by atoms with E-state index in [4.69, 9.17) is 23.2 Å². The Hall–Kier alpha value is -2.64. The number of hydrogen-bond acceptors (Lipinski definition) is 3. The average Bonchev–Trinajstić information content (AvgIpc) is 3.06. The molecule has 0 aliphatic carbocycles. The molecule has 0 aliphatic rings. The second-order valence-electron chi connectivity index (χ2n) is 6.10. The van der Waals surface area contributed by atoms with Crippen LogP contribution in [0.15, 0.2) is 48.9 Å². The number of fused-ring (bicyclic) bond motifs is 1. The molecule has 4 nitrogen and oxygen atoms in total. The largest absolute Gasteiger partial charge is 0.431 e. The Morgan fingerprint density at radius 3 is 2.54 bits per heavy atom. The first-order valence-corrected chi connectivity index (χ1v) is 8.84. The van der Waals surface area contributed by atoms with E-state index < -0.39 is 11.9 Å². The Bertz CT molecular complexity index is 1200. The van der Waals surface area contributed by atoms with Crippen molar-refractivity contribution in [3.63, 3.8) is 0 Å². The van der Waals surface area contributed by atoms with E-state index in [-0.39, 0.29) is 21.4 Å². The average molecular weight is 423 g/mol. The van der Waals surface area contributed by atoms with Crippen LogP contribution >= 0.6 is 23.2 Å². The van der Waals surface area contributed by atoms with Crippen LogP contribution in [0.3, 0.4) is 0 Å². The van der Waals surface area contributed by atoms with Gasteiger partial charge in [0.1, 0.15) is 17.7 Å². The predicted octanol–water partition coefficient (Wildman–Crippen LogP) is 6.09. The number of halogens is 5. The van der Waals surface area contributed by atoms with Crippen LogP contribution < -0.4 is 0 Å². The monoisotopic (exact) mass is 422 g/mol. The molecule has 1 aromatic carbocycles. The fraction of sp³-hybridized carbons (Fsp3) is 0.105.